The molecule has 0 aromatic heterocycles. The summed E-state index contributed by atoms with van der Waals surface area (Å²) in [5, 5.41) is 6.16. The van der Waals surface area contributed by atoms with Crippen molar-refractivity contribution >= 4 is 10.8 Å². The van der Waals surface area contributed by atoms with Gasteiger partial charge in [-0.2, -0.15) is 0 Å². The number of benzene rings is 3. The van der Waals surface area contributed by atoms with Crippen LogP contribution in [0.4, 0.5) is 0 Å². The van der Waals surface area contributed by atoms with Crippen molar-refractivity contribution < 1.29 is 4.74 Å². The van der Waals surface area contributed by atoms with Gasteiger partial charge in [0.25, 0.3) is 0 Å². The third kappa shape index (κ3) is 3.77. The van der Waals surface area contributed by atoms with Gasteiger partial charge in [-0.15, -0.1) is 0 Å². The van der Waals surface area contributed by atoms with Gasteiger partial charge in [-0.3, -0.25) is 0 Å². The zero-order valence-corrected chi connectivity index (χ0v) is 14.5. The number of hydrogen-bond donors (Lipinski definition) is 1. The van der Waals surface area contributed by atoms with Crippen LogP contribution in [0.25, 0.3) is 10.8 Å². The molecular formula is C22H25NO. The van der Waals surface area contributed by atoms with Gasteiger partial charge >= 0.3 is 0 Å². The third-order valence-electron chi connectivity index (χ3n) is 4.34. The molecule has 0 fully saturated rings. The summed E-state index contributed by atoms with van der Waals surface area (Å²) in [6.45, 7) is 5.87. The summed E-state index contributed by atoms with van der Waals surface area (Å²) in [5.41, 5.74) is 2.54. The molecular weight excluding hydrogens is 294 g/mol. The summed E-state index contributed by atoms with van der Waals surface area (Å²) >= 11 is 0. The highest BCUT2D eigenvalue weighted by atomic mass is 16.5. The molecule has 3 rings (SSSR count). The number of nitrogens with one attached hydrogen (secondary N) is 1. The average Bonchev–Trinajstić information content (AvgIpc) is 2.65. The molecule has 124 valence electrons. The van der Waals surface area contributed by atoms with Crippen LogP contribution in [0.2, 0.25) is 0 Å². The highest BCUT2D eigenvalue weighted by molar-refractivity contribution is 5.87. The quantitative estimate of drug-likeness (QED) is 0.622. The second-order valence-electron chi connectivity index (χ2n) is 6.13. The predicted molar refractivity (Wildman–Crippen MR) is 101 cm³/mol. The molecule has 1 atom stereocenters. The Morgan fingerprint density at radius 1 is 0.917 bits per heavy atom. The number of ether oxygens (including phenoxy) is 1. The summed E-state index contributed by atoms with van der Waals surface area (Å²) < 4.78 is 5.99. The van der Waals surface area contributed by atoms with Crippen LogP contribution < -0.4 is 10.1 Å². The van der Waals surface area contributed by atoms with Crippen molar-refractivity contribution in [3.63, 3.8) is 0 Å². The van der Waals surface area contributed by atoms with Crippen LogP contribution in [0.15, 0.2) is 66.7 Å². The Bertz CT molecular complexity index is 782. The minimum Gasteiger partial charge on any atom is -0.493 e. The molecule has 2 heteroatoms. The standard InChI is InChI=1S/C22H25NO/c1-3-15-24-22-14-13-19-11-7-8-12-20(19)21(22)16-23-17(2)18-9-5-4-6-10-18/h4-14,17,23H,3,15-16H2,1-2H3/t17-/m1/s1. The summed E-state index contributed by atoms with van der Waals surface area (Å²) in [6.07, 6.45) is 1.01. The van der Waals surface area contributed by atoms with E-state index in [9.17, 15) is 0 Å². The SMILES string of the molecule is CCCOc1ccc2ccccc2c1CN[C@H](C)c1ccccc1. The summed E-state index contributed by atoms with van der Waals surface area (Å²) in [6, 6.07) is 23.6. The van der Waals surface area contributed by atoms with Crippen molar-refractivity contribution in [1.82, 2.24) is 5.32 Å². The predicted octanol–water partition coefficient (Wildman–Crippen LogP) is 5.48. The smallest absolute Gasteiger partial charge is 0.124 e. The van der Waals surface area contributed by atoms with Gasteiger partial charge in [-0.1, -0.05) is 67.6 Å². The Kier molecular flexibility index (Phi) is 5.50. The van der Waals surface area contributed by atoms with Gasteiger partial charge in [-0.05, 0) is 35.7 Å². The van der Waals surface area contributed by atoms with Crippen molar-refractivity contribution in [1.29, 1.82) is 0 Å². The molecule has 3 aromatic carbocycles. The number of hydrogen-bond acceptors (Lipinski definition) is 2. The Hall–Kier alpha value is -2.32. The third-order valence-corrected chi connectivity index (χ3v) is 4.34. The lowest BCUT2D eigenvalue weighted by molar-refractivity contribution is 0.313. The minimum atomic E-state index is 0.296. The topological polar surface area (TPSA) is 21.3 Å². The van der Waals surface area contributed by atoms with E-state index in [1.807, 2.05) is 0 Å². The average molecular weight is 319 g/mol. The second-order valence-corrected chi connectivity index (χ2v) is 6.13. The van der Waals surface area contributed by atoms with E-state index in [4.69, 9.17) is 4.74 Å². The number of rotatable bonds is 7. The molecule has 0 aliphatic rings. The number of fused-ring (bicyclic) bond motifs is 1. The largest absolute Gasteiger partial charge is 0.493 e. The highest BCUT2D eigenvalue weighted by Gasteiger charge is 2.11. The van der Waals surface area contributed by atoms with E-state index < -0.39 is 0 Å². The fraction of sp³-hybridized carbons (Fsp3) is 0.273. The lowest BCUT2D eigenvalue weighted by atomic mass is 10.0. The minimum absolute atomic E-state index is 0.296. The molecule has 0 spiro atoms. The van der Waals surface area contributed by atoms with Crippen LogP contribution in [0, 0.1) is 0 Å². The fourth-order valence-electron chi connectivity index (χ4n) is 2.96. The Morgan fingerprint density at radius 3 is 2.46 bits per heavy atom. The van der Waals surface area contributed by atoms with E-state index in [0.717, 1.165) is 25.3 Å². The van der Waals surface area contributed by atoms with Crippen LogP contribution >= 0.6 is 0 Å². The van der Waals surface area contributed by atoms with E-state index in [1.54, 1.807) is 0 Å². The first-order chi connectivity index (χ1) is 11.8. The maximum Gasteiger partial charge on any atom is 0.124 e. The maximum atomic E-state index is 5.99. The van der Waals surface area contributed by atoms with Crippen molar-refractivity contribution in [2.24, 2.45) is 0 Å². The first-order valence-corrected chi connectivity index (χ1v) is 8.71. The zero-order valence-electron chi connectivity index (χ0n) is 14.5. The Balaban J connectivity index is 1.86. The lowest BCUT2D eigenvalue weighted by Crippen LogP contribution is -2.19. The first-order valence-electron chi connectivity index (χ1n) is 8.71. The lowest BCUT2D eigenvalue weighted by Gasteiger charge is -2.18. The summed E-state index contributed by atoms with van der Waals surface area (Å²) in [4.78, 5) is 0. The van der Waals surface area contributed by atoms with E-state index in [1.165, 1.54) is 21.9 Å². The van der Waals surface area contributed by atoms with E-state index >= 15 is 0 Å². The van der Waals surface area contributed by atoms with Crippen molar-refractivity contribution in [2.75, 3.05) is 6.61 Å². The van der Waals surface area contributed by atoms with E-state index in [2.05, 4.69) is 85.9 Å². The molecule has 0 saturated heterocycles. The fourth-order valence-corrected chi connectivity index (χ4v) is 2.96. The molecule has 0 aliphatic carbocycles. The maximum absolute atomic E-state index is 5.99. The van der Waals surface area contributed by atoms with Crippen LogP contribution in [-0.2, 0) is 6.54 Å². The Labute approximate surface area is 144 Å². The normalized spacial score (nSPS) is 12.2. The van der Waals surface area contributed by atoms with Gasteiger partial charge < -0.3 is 10.1 Å². The van der Waals surface area contributed by atoms with Crippen LogP contribution in [0.5, 0.6) is 5.75 Å². The molecule has 0 amide bonds. The molecule has 1 N–H and O–H groups in total. The molecule has 0 unspecified atom stereocenters. The van der Waals surface area contributed by atoms with Crippen LogP contribution in [0.1, 0.15) is 37.4 Å². The van der Waals surface area contributed by atoms with Gasteiger partial charge in [0, 0.05) is 18.2 Å². The molecule has 0 aliphatic heterocycles. The van der Waals surface area contributed by atoms with Gasteiger partial charge in [0.2, 0.25) is 0 Å². The molecule has 0 bridgehead atoms. The van der Waals surface area contributed by atoms with E-state index in [-0.39, 0.29) is 0 Å². The molecule has 0 heterocycles. The van der Waals surface area contributed by atoms with Crippen molar-refractivity contribution in [2.45, 2.75) is 32.9 Å². The highest BCUT2D eigenvalue weighted by Crippen LogP contribution is 2.29. The van der Waals surface area contributed by atoms with Crippen molar-refractivity contribution in [3.05, 3.63) is 77.9 Å². The van der Waals surface area contributed by atoms with Gasteiger partial charge in [0.05, 0.1) is 6.61 Å². The van der Waals surface area contributed by atoms with Crippen LogP contribution in [-0.4, -0.2) is 6.61 Å². The van der Waals surface area contributed by atoms with Crippen LogP contribution in [0.3, 0.4) is 0 Å². The molecule has 2 nitrogen and oxygen atoms in total. The first kappa shape index (κ1) is 16.5. The molecule has 0 radical (unpaired) electrons. The monoisotopic (exact) mass is 319 g/mol. The van der Waals surface area contributed by atoms with Gasteiger partial charge in [0.15, 0.2) is 0 Å². The van der Waals surface area contributed by atoms with Gasteiger partial charge in [0.1, 0.15) is 5.75 Å². The summed E-state index contributed by atoms with van der Waals surface area (Å²) in [5.74, 6) is 0.989. The Morgan fingerprint density at radius 2 is 1.67 bits per heavy atom. The molecule has 3 aromatic rings. The molecule has 24 heavy (non-hydrogen) atoms. The van der Waals surface area contributed by atoms with Gasteiger partial charge in [-0.25, -0.2) is 0 Å². The zero-order chi connectivity index (χ0) is 16.8. The second kappa shape index (κ2) is 7.98. The van der Waals surface area contributed by atoms with Crippen molar-refractivity contribution in [3.8, 4) is 5.75 Å². The molecule has 0 saturated carbocycles. The summed E-state index contributed by atoms with van der Waals surface area (Å²) in [7, 11) is 0. The van der Waals surface area contributed by atoms with E-state index in [0.29, 0.717) is 6.04 Å².